The molecule has 0 aromatic rings. The number of nitrogens with one attached hydrogen (secondary N) is 2. The largest absolute Gasteiger partial charge is 0.481 e. The first-order chi connectivity index (χ1) is 10.4. The molecule has 0 bridgehead atoms. The highest BCUT2D eigenvalue weighted by Crippen LogP contribution is 2.29. The summed E-state index contributed by atoms with van der Waals surface area (Å²) in [5.41, 5.74) is -0.875. The van der Waals surface area contributed by atoms with E-state index in [1.54, 1.807) is 6.92 Å². The molecular weight excluding hydrogens is 286 g/mol. The van der Waals surface area contributed by atoms with Crippen molar-refractivity contribution in [1.82, 2.24) is 15.5 Å². The summed E-state index contributed by atoms with van der Waals surface area (Å²) in [4.78, 5) is 36.5. The van der Waals surface area contributed by atoms with Crippen molar-refractivity contribution in [2.24, 2.45) is 5.41 Å². The van der Waals surface area contributed by atoms with Crippen LogP contribution in [0.4, 0.5) is 4.79 Å². The molecule has 1 saturated heterocycles. The molecule has 1 aliphatic carbocycles. The Bertz CT molecular complexity index is 448. The van der Waals surface area contributed by atoms with Gasteiger partial charge in [0.1, 0.15) is 0 Å². The molecule has 0 spiro atoms. The Morgan fingerprint density at radius 1 is 1.23 bits per heavy atom. The van der Waals surface area contributed by atoms with Crippen LogP contribution in [0.5, 0.6) is 0 Å². The van der Waals surface area contributed by atoms with E-state index < -0.39 is 11.4 Å². The maximum Gasteiger partial charge on any atom is 0.315 e. The Labute approximate surface area is 130 Å². The smallest absolute Gasteiger partial charge is 0.315 e. The summed E-state index contributed by atoms with van der Waals surface area (Å²) in [7, 11) is 0. The monoisotopic (exact) mass is 311 g/mol. The molecule has 1 aliphatic heterocycles. The molecule has 3 amide bonds. The van der Waals surface area contributed by atoms with E-state index in [1.165, 1.54) is 11.3 Å². The van der Waals surface area contributed by atoms with Crippen molar-refractivity contribution in [3.8, 4) is 0 Å². The van der Waals surface area contributed by atoms with Gasteiger partial charge in [-0.2, -0.15) is 0 Å². The van der Waals surface area contributed by atoms with E-state index in [1.807, 2.05) is 0 Å². The van der Waals surface area contributed by atoms with Gasteiger partial charge in [0.05, 0.1) is 12.0 Å². The van der Waals surface area contributed by atoms with Gasteiger partial charge in [-0.05, 0) is 26.2 Å². The zero-order valence-corrected chi connectivity index (χ0v) is 13.1. The zero-order valence-electron chi connectivity index (χ0n) is 13.1. The van der Waals surface area contributed by atoms with E-state index in [9.17, 15) is 14.4 Å². The number of carbonyl (C=O) groups excluding carboxylic acids is 2. The lowest BCUT2D eigenvalue weighted by Crippen LogP contribution is -2.47. The van der Waals surface area contributed by atoms with Crippen LogP contribution in [0.15, 0.2) is 0 Å². The van der Waals surface area contributed by atoms with Crippen molar-refractivity contribution in [2.45, 2.75) is 51.5 Å². The molecular formula is C15H25N3O4. The minimum atomic E-state index is -0.884. The fourth-order valence-electron chi connectivity index (χ4n) is 3.10. The summed E-state index contributed by atoms with van der Waals surface area (Å²) >= 11 is 0. The summed E-state index contributed by atoms with van der Waals surface area (Å²) in [5, 5.41) is 14.6. The average Bonchev–Trinajstić information content (AvgIpc) is 2.90. The summed E-state index contributed by atoms with van der Waals surface area (Å²) in [5.74, 6) is -1.12. The van der Waals surface area contributed by atoms with Gasteiger partial charge in [-0.1, -0.05) is 19.3 Å². The second-order valence-corrected chi connectivity index (χ2v) is 6.59. The number of likely N-dealkylation sites (tertiary alicyclic amines) is 1. The highest BCUT2D eigenvalue weighted by Gasteiger charge is 2.41. The van der Waals surface area contributed by atoms with E-state index in [0.717, 1.165) is 25.7 Å². The van der Waals surface area contributed by atoms with Gasteiger partial charge in [0.25, 0.3) is 0 Å². The van der Waals surface area contributed by atoms with E-state index in [0.29, 0.717) is 13.0 Å². The predicted molar refractivity (Wildman–Crippen MR) is 80.3 cm³/mol. The molecule has 0 aromatic carbocycles. The van der Waals surface area contributed by atoms with Crippen LogP contribution in [-0.4, -0.2) is 53.6 Å². The van der Waals surface area contributed by atoms with Crippen LogP contribution < -0.4 is 10.6 Å². The first-order valence-electron chi connectivity index (χ1n) is 7.96. The molecule has 124 valence electrons. The van der Waals surface area contributed by atoms with Gasteiger partial charge in [0.2, 0.25) is 5.91 Å². The van der Waals surface area contributed by atoms with Gasteiger partial charge >= 0.3 is 12.0 Å². The van der Waals surface area contributed by atoms with Crippen molar-refractivity contribution < 1.29 is 19.5 Å². The molecule has 1 atom stereocenters. The first-order valence-corrected chi connectivity index (χ1v) is 7.96. The highest BCUT2D eigenvalue weighted by molar-refractivity contribution is 5.85. The van der Waals surface area contributed by atoms with Crippen molar-refractivity contribution >= 4 is 17.9 Å². The van der Waals surface area contributed by atoms with Gasteiger partial charge in [0, 0.05) is 19.1 Å². The number of carbonyl (C=O) groups is 3. The topological polar surface area (TPSA) is 98.7 Å². The lowest BCUT2D eigenvalue weighted by molar-refractivity contribution is -0.147. The fraction of sp³-hybridized carbons (Fsp3) is 0.800. The van der Waals surface area contributed by atoms with Gasteiger partial charge in [-0.15, -0.1) is 0 Å². The van der Waals surface area contributed by atoms with Crippen LogP contribution >= 0.6 is 0 Å². The summed E-state index contributed by atoms with van der Waals surface area (Å²) in [6, 6.07) is -0.119. The molecule has 2 rings (SSSR count). The van der Waals surface area contributed by atoms with Gasteiger partial charge in [-0.3, -0.25) is 9.59 Å². The maximum atomic E-state index is 12.0. The van der Waals surface area contributed by atoms with E-state index in [4.69, 9.17) is 5.11 Å². The minimum absolute atomic E-state index is 0.0890. The number of nitrogens with zero attached hydrogens (tertiary/aromatic N) is 1. The SMILES string of the molecule is CC1(C(=O)O)CCN(C(=O)CNC(=O)NC2CCCCC2)C1. The molecule has 1 saturated carbocycles. The highest BCUT2D eigenvalue weighted by atomic mass is 16.4. The number of hydrogen-bond acceptors (Lipinski definition) is 3. The molecule has 1 heterocycles. The first kappa shape index (κ1) is 16.6. The summed E-state index contributed by atoms with van der Waals surface area (Å²) in [6.45, 7) is 2.18. The van der Waals surface area contributed by atoms with Crippen LogP contribution in [0.25, 0.3) is 0 Å². The molecule has 2 fully saturated rings. The lowest BCUT2D eigenvalue weighted by Gasteiger charge is -2.23. The molecule has 1 unspecified atom stereocenters. The number of rotatable bonds is 4. The number of aliphatic carboxylic acids is 1. The van der Waals surface area contributed by atoms with Gasteiger partial charge in [0.15, 0.2) is 0 Å². The second kappa shape index (κ2) is 6.98. The third-order valence-corrected chi connectivity index (χ3v) is 4.68. The third kappa shape index (κ3) is 4.11. The van der Waals surface area contributed by atoms with E-state index >= 15 is 0 Å². The number of urea groups is 1. The predicted octanol–water partition coefficient (Wildman–Crippen LogP) is 0.941. The van der Waals surface area contributed by atoms with Crippen molar-refractivity contribution in [3.63, 3.8) is 0 Å². The van der Waals surface area contributed by atoms with Gasteiger partial charge in [-0.25, -0.2) is 4.79 Å². The Morgan fingerprint density at radius 3 is 2.50 bits per heavy atom. The normalized spacial score (nSPS) is 25.8. The quantitative estimate of drug-likeness (QED) is 0.719. The van der Waals surface area contributed by atoms with Crippen LogP contribution in [0.1, 0.15) is 45.4 Å². The lowest BCUT2D eigenvalue weighted by atomic mass is 9.90. The number of carboxylic acid groups (broad SMARTS) is 1. The third-order valence-electron chi connectivity index (χ3n) is 4.68. The second-order valence-electron chi connectivity index (χ2n) is 6.59. The number of amides is 3. The standard InChI is InChI=1S/C15H25N3O4/c1-15(13(20)21)7-8-18(10-15)12(19)9-16-14(22)17-11-5-3-2-4-6-11/h11H,2-10H2,1H3,(H,20,21)(H2,16,17,22). The molecule has 3 N–H and O–H groups in total. The molecule has 0 radical (unpaired) electrons. The maximum absolute atomic E-state index is 12.0. The van der Waals surface area contributed by atoms with Crippen molar-refractivity contribution in [1.29, 1.82) is 0 Å². The Hall–Kier alpha value is -1.79. The minimum Gasteiger partial charge on any atom is -0.481 e. The van der Waals surface area contributed by atoms with E-state index in [-0.39, 0.29) is 31.1 Å². The molecule has 7 heteroatoms. The van der Waals surface area contributed by atoms with Crippen molar-refractivity contribution in [2.75, 3.05) is 19.6 Å². The van der Waals surface area contributed by atoms with E-state index in [2.05, 4.69) is 10.6 Å². The Balaban J connectivity index is 1.71. The number of carboxylic acids is 1. The average molecular weight is 311 g/mol. The Morgan fingerprint density at radius 2 is 1.91 bits per heavy atom. The van der Waals surface area contributed by atoms with Crippen LogP contribution in [0.3, 0.4) is 0 Å². The summed E-state index contributed by atoms with van der Waals surface area (Å²) < 4.78 is 0. The van der Waals surface area contributed by atoms with Crippen molar-refractivity contribution in [3.05, 3.63) is 0 Å². The van der Waals surface area contributed by atoms with Gasteiger partial charge < -0.3 is 20.6 Å². The van der Waals surface area contributed by atoms with Crippen LogP contribution in [0.2, 0.25) is 0 Å². The fourth-order valence-corrected chi connectivity index (χ4v) is 3.10. The zero-order chi connectivity index (χ0) is 16.2. The Kier molecular flexibility index (Phi) is 5.26. The number of hydrogen-bond donors (Lipinski definition) is 3. The van der Waals surface area contributed by atoms with Crippen LogP contribution in [0, 0.1) is 5.41 Å². The van der Waals surface area contributed by atoms with Crippen LogP contribution in [-0.2, 0) is 9.59 Å². The summed E-state index contributed by atoms with van der Waals surface area (Å²) in [6.07, 6.45) is 5.91. The molecule has 0 aromatic heterocycles. The molecule has 22 heavy (non-hydrogen) atoms. The molecule has 2 aliphatic rings. The molecule has 7 nitrogen and oxygen atoms in total.